The van der Waals surface area contributed by atoms with Crippen molar-refractivity contribution in [1.29, 1.82) is 0 Å². The Hall–Kier alpha value is -0.760. The Kier molecular flexibility index (Phi) is 5.07. The van der Waals surface area contributed by atoms with Gasteiger partial charge < -0.3 is 9.88 Å². The van der Waals surface area contributed by atoms with Crippen molar-refractivity contribution in [3.8, 4) is 0 Å². The van der Waals surface area contributed by atoms with Crippen molar-refractivity contribution in [3.63, 3.8) is 0 Å². The lowest BCUT2D eigenvalue weighted by atomic mass is 9.90. The Labute approximate surface area is 100 Å². The molecule has 1 N–H and O–H groups in total. The van der Waals surface area contributed by atoms with E-state index >= 15 is 0 Å². The smallest absolute Gasteiger partial charge is 0.0220 e. The van der Waals surface area contributed by atoms with E-state index in [1.165, 1.54) is 18.4 Å². The zero-order valence-corrected chi connectivity index (χ0v) is 11.2. The topological polar surface area (TPSA) is 17.0 Å². The Morgan fingerprint density at radius 1 is 1.31 bits per heavy atom. The van der Waals surface area contributed by atoms with E-state index in [2.05, 4.69) is 56.0 Å². The van der Waals surface area contributed by atoms with Crippen LogP contribution in [0.2, 0.25) is 0 Å². The monoisotopic (exact) mass is 222 g/mol. The predicted octanol–water partition coefficient (Wildman–Crippen LogP) is 3.42. The van der Waals surface area contributed by atoms with Gasteiger partial charge in [-0.05, 0) is 29.9 Å². The Morgan fingerprint density at radius 3 is 2.69 bits per heavy atom. The van der Waals surface area contributed by atoms with Crippen LogP contribution in [0, 0.1) is 5.41 Å². The molecule has 0 aliphatic heterocycles. The second-order valence-corrected chi connectivity index (χ2v) is 5.38. The summed E-state index contributed by atoms with van der Waals surface area (Å²) in [4.78, 5) is 0. The molecule has 0 spiro atoms. The van der Waals surface area contributed by atoms with Crippen LogP contribution < -0.4 is 5.32 Å². The van der Waals surface area contributed by atoms with Gasteiger partial charge in [-0.1, -0.05) is 27.7 Å². The predicted molar refractivity (Wildman–Crippen MR) is 70.5 cm³/mol. The number of aromatic nitrogens is 1. The second-order valence-electron chi connectivity index (χ2n) is 5.38. The lowest BCUT2D eigenvalue weighted by Gasteiger charge is -2.22. The third-order valence-electron chi connectivity index (χ3n) is 3.18. The standard InChI is InChI=1S/C14H26N2/c1-5-8-16-9-7-13(11-16)10-15-12-14(3,4)6-2/h7,9,11,15H,5-6,8,10,12H2,1-4H3. The van der Waals surface area contributed by atoms with Gasteiger partial charge in [0.25, 0.3) is 0 Å². The summed E-state index contributed by atoms with van der Waals surface area (Å²) in [5.41, 5.74) is 1.80. The highest BCUT2D eigenvalue weighted by Crippen LogP contribution is 2.17. The lowest BCUT2D eigenvalue weighted by molar-refractivity contribution is 0.327. The van der Waals surface area contributed by atoms with Crippen LogP contribution in [0.5, 0.6) is 0 Å². The molecular formula is C14H26N2. The van der Waals surface area contributed by atoms with Gasteiger partial charge in [0.1, 0.15) is 0 Å². The first kappa shape index (κ1) is 13.3. The Bertz CT molecular complexity index is 299. The van der Waals surface area contributed by atoms with Gasteiger partial charge in [-0.15, -0.1) is 0 Å². The second kappa shape index (κ2) is 6.09. The molecule has 0 aromatic carbocycles. The Balaban J connectivity index is 2.31. The normalized spacial score (nSPS) is 12.0. The van der Waals surface area contributed by atoms with Gasteiger partial charge in [0, 0.05) is 32.0 Å². The molecule has 0 bridgehead atoms. The van der Waals surface area contributed by atoms with Gasteiger partial charge in [-0.2, -0.15) is 0 Å². The van der Waals surface area contributed by atoms with Crippen LogP contribution in [0.3, 0.4) is 0 Å². The number of hydrogen-bond donors (Lipinski definition) is 1. The molecule has 0 saturated heterocycles. The van der Waals surface area contributed by atoms with Crippen LogP contribution >= 0.6 is 0 Å². The van der Waals surface area contributed by atoms with Gasteiger partial charge in [0.05, 0.1) is 0 Å². The van der Waals surface area contributed by atoms with Crippen molar-refractivity contribution in [3.05, 3.63) is 24.0 Å². The Morgan fingerprint density at radius 2 is 2.06 bits per heavy atom. The zero-order chi connectivity index (χ0) is 12.0. The fourth-order valence-corrected chi connectivity index (χ4v) is 1.66. The van der Waals surface area contributed by atoms with Crippen LogP contribution in [0.1, 0.15) is 46.1 Å². The molecular weight excluding hydrogens is 196 g/mol. The summed E-state index contributed by atoms with van der Waals surface area (Å²) in [7, 11) is 0. The van der Waals surface area contributed by atoms with E-state index in [1.54, 1.807) is 0 Å². The number of nitrogens with one attached hydrogen (secondary N) is 1. The first-order chi connectivity index (χ1) is 7.57. The van der Waals surface area contributed by atoms with E-state index in [1.807, 2.05) is 0 Å². The average Bonchev–Trinajstić information content (AvgIpc) is 2.66. The van der Waals surface area contributed by atoms with Crippen molar-refractivity contribution in [2.24, 2.45) is 5.41 Å². The maximum Gasteiger partial charge on any atom is 0.0220 e. The van der Waals surface area contributed by atoms with E-state index in [0.29, 0.717) is 5.41 Å². The molecule has 0 aliphatic rings. The van der Waals surface area contributed by atoms with E-state index in [0.717, 1.165) is 19.6 Å². The zero-order valence-electron chi connectivity index (χ0n) is 11.2. The molecule has 0 radical (unpaired) electrons. The quantitative estimate of drug-likeness (QED) is 0.748. The van der Waals surface area contributed by atoms with Crippen LogP contribution in [-0.2, 0) is 13.1 Å². The van der Waals surface area contributed by atoms with Gasteiger partial charge in [-0.25, -0.2) is 0 Å². The molecule has 16 heavy (non-hydrogen) atoms. The third kappa shape index (κ3) is 4.40. The maximum atomic E-state index is 3.53. The van der Waals surface area contributed by atoms with Crippen molar-refractivity contribution in [2.45, 2.75) is 53.6 Å². The van der Waals surface area contributed by atoms with Crippen LogP contribution in [0.25, 0.3) is 0 Å². The molecule has 0 fully saturated rings. The van der Waals surface area contributed by atoms with Crippen LogP contribution in [0.15, 0.2) is 18.5 Å². The molecule has 0 aliphatic carbocycles. The molecule has 92 valence electrons. The van der Waals surface area contributed by atoms with Crippen LogP contribution in [0.4, 0.5) is 0 Å². The summed E-state index contributed by atoms with van der Waals surface area (Å²) in [6.07, 6.45) is 6.84. The molecule has 0 saturated carbocycles. The number of hydrogen-bond acceptors (Lipinski definition) is 1. The van der Waals surface area contributed by atoms with Crippen molar-refractivity contribution in [2.75, 3.05) is 6.54 Å². The number of rotatable bonds is 7. The van der Waals surface area contributed by atoms with Crippen molar-refractivity contribution < 1.29 is 0 Å². The van der Waals surface area contributed by atoms with Gasteiger partial charge in [-0.3, -0.25) is 0 Å². The summed E-state index contributed by atoms with van der Waals surface area (Å²) in [6.45, 7) is 12.3. The molecule has 1 rings (SSSR count). The molecule has 2 nitrogen and oxygen atoms in total. The third-order valence-corrected chi connectivity index (χ3v) is 3.18. The van der Waals surface area contributed by atoms with Crippen molar-refractivity contribution >= 4 is 0 Å². The van der Waals surface area contributed by atoms with Crippen LogP contribution in [-0.4, -0.2) is 11.1 Å². The summed E-state index contributed by atoms with van der Waals surface area (Å²) in [5.74, 6) is 0. The fraction of sp³-hybridized carbons (Fsp3) is 0.714. The molecule has 1 heterocycles. The first-order valence-corrected chi connectivity index (χ1v) is 6.43. The minimum absolute atomic E-state index is 0.409. The fourth-order valence-electron chi connectivity index (χ4n) is 1.66. The summed E-state index contributed by atoms with van der Waals surface area (Å²) >= 11 is 0. The first-order valence-electron chi connectivity index (χ1n) is 6.43. The van der Waals surface area contributed by atoms with E-state index in [9.17, 15) is 0 Å². The molecule has 1 aromatic heterocycles. The van der Waals surface area contributed by atoms with E-state index < -0.39 is 0 Å². The highest BCUT2D eigenvalue weighted by atomic mass is 14.9. The minimum atomic E-state index is 0.409. The molecule has 0 atom stereocenters. The van der Waals surface area contributed by atoms with E-state index in [4.69, 9.17) is 0 Å². The highest BCUT2D eigenvalue weighted by molar-refractivity contribution is 5.09. The lowest BCUT2D eigenvalue weighted by Crippen LogP contribution is -2.28. The maximum absolute atomic E-state index is 3.53. The summed E-state index contributed by atoms with van der Waals surface area (Å²) in [5, 5.41) is 3.53. The largest absolute Gasteiger partial charge is 0.354 e. The van der Waals surface area contributed by atoms with Crippen molar-refractivity contribution in [1.82, 2.24) is 9.88 Å². The molecule has 0 unspecified atom stereocenters. The highest BCUT2D eigenvalue weighted by Gasteiger charge is 2.13. The molecule has 0 amide bonds. The number of nitrogens with zero attached hydrogens (tertiary/aromatic N) is 1. The average molecular weight is 222 g/mol. The summed E-state index contributed by atoms with van der Waals surface area (Å²) < 4.78 is 2.27. The van der Waals surface area contributed by atoms with E-state index in [-0.39, 0.29) is 0 Å². The SMILES string of the molecule is CCCn1ccc(CNCC(C)(C)CC)c1. The molecule has 1 aromatic rings. The molecule has 2 heteroatoms. The van der Waals surface area contributed by atoms with Gasteiger partial charge in [0.2, 0.25) is 0 Å². The minimum Gasteiger partial charge on any atom is -0.354 e. The van der Waals surface area contributed by atoms with Gasteiger partial charge >= 0.3 is 0 Å². The summed E-state index contributed by atoms with van der Waals surface area (Å²) in [6, 6.07) is 2.21. The number of aryl methyl sites for hydroxylation is 1. The van der Waals surface area contributed by atoms with Gasteiger partial charge in [0.15, 0.2) is 0 Å².